The molecule has 3 nitrogen and oxygen atoms in total. The van der Waals surface area contributed by atoms with Gasteiger partial charge in [-0.15, -0.1) is 0 Å². The number of nitrogens with one attached hydrogen (secondary N) is 1. The Morgan fingerprint density at radius 2 is 2.27 bits per heavy atom. The smallest absolute Gasteiger partial charge is 0.146 e. The third-order valence-corrected chi connectivity index (χ3v) is 2.51. The molecule has 15 heavy (non-hydrogen) atoms. The van der Waals surface area contributed by atoms with Crippen molar-refractivity contribution in [3.8, 4) is 0 Å². The van der Waals surface area contributed by atoms with Crippen LogP contribution in [0.3, 0.4) is 0 Å². The van der Waals surface area contributed by atoms with E-state index in [0.717, 1.165) is 5.56 Å². The van der Waals surface area contributed by atoms with Crippen LogP contribution >= 0.6 is 0 Å². The van der Waals surface area contributed by atoms with Crippen LogP contribution in [-0.2, 0) is 4.74 Å². The van der Waals surface area contributed by atoms with Gasteiger partial charge in [-0.3, -0.25) is 0 Å². The third kappa shape index (κ3) is 2.27. The zero-order valence-electron chi connectivity index (χ0n) is 8.66. The first-order chi connectivity index (χ1) is 7.16. The van der Waals surface area contributed by atoms with Gasteiger partial charge in [-0.25, -0.2) is 4.39 Å². The standard InChI is InChI=1S/C11H15FN2O/c1-7(13)8-2-3-10(12)11(4-8)14-9-5-15-6-9/h2-4,7,9,14H,5-6,13H2,1H3. The van der Waals surface area contributed by atoms with Crippen LogP contribution in [0.15, 0.2) is 18.2 Å². The minimum absolute atomic E-state index is 0.0798. The quantitative estimate of drug-likeness (QED) is 0.797. The average Bonchev–Trinajstić information content (AvgIpc) is 2.13. The maximum atomic E-state index is 13.4. The van der Waals surface area contributed by atoms with Crippen molar-refractivity contribution in [1.82, 2.24) is 0 Å². The lowest BCUT2D eigenvalue weighted by atomic mass is 10.1. The van der Waals surface area contributed by atoms with E-state index in [0.29, 0.717) is 18.9 Å². The summed E-state index contributed by atoms with van der Waals surface area (Å²) in [4.78, 5) is 0. The van der Waals surface area contributed by atoms with Crippen molar-refractivity contribution in [3.05, 3.63) is 29.6 Å². The van der Waals surface area contributed by atoms with Gasteiger partial charge in [0.1, 0.15) is 5.82 Å². The average molecular weight is 210 g/mol. The fourth-order valence-electron chi connectivity index (χ4n) is 1.48. The van der Waals surface area contributed by atoms with Gasteiger partial charge in [0.05, 0.1) is 24.9 Å². The third-order valence-electron chi connectivity index (χ3n) is 2.51. The van der Waals surface area contributed by atoms with E-state index in [9.17, 15) is 4.39 Å². The van der Waals surface area contributed by atoms with E-state index < -0.39 is 0 Å². The fourth-order valence-corrected chi connectivity index (χ4v) is 1.48. The van der Waals surface area contributed by atoms with Crippen molar-refractivity contribution in [2.24, 2.45) is 5.73 Å². The molecule has 0 bridgehead atoms. The van der Waals surface area contributed by atoms with E-state index in [2.05, 4.69) is 5.32 Å². The van der Waals surface area contributed by atoms with E-state index in [4.69, 9.17) is 10.5 Å². The number of ether oxygens (including phenoxy) is 1. The lowest BCUT2D eigenvalue weighted by Gasteiger charge is -2.28. The first-order valence-electron chi connectivity index (χ1n) is 5.06. The van der Waals surface area contributed by atoms with Crippen LogP contribution in [0.1, 0.15) is 18.5 Å². The number of anilines is 1. The summed E-state index contributed by atoms with van der Waals surface area (Å²) in [5.41, 5.74) is 7.18. The number of halogens is 1. The number of rotatable bonds is 3. The van der Waals surface area contributed by atoms with Crippen molar-refractivity contribution >= 4 is 5.69 Å². The van der Waals surface area contributed by atoms with Crippen molar-refractivity contribution < 1.29 is 9.13 Å². The lowest BCUT2D eigenvalue weighted by Crippen LogP contribution is -2.40. The summed E-state index contributed by atoms with van der Waals surface area (Å²) >= 11 is 0. The molecule has 1 saturated heterocycles. The van der Waals surface area contributed by atoms with Gasteiger partial charge in [0, 0.05) is 6.04 Å². The van der Waals surface area contributed by atoms with E-state index >= 15 is 0 Å². The highest BCUT2D eigenvalue weighted by atomic mass is 19.1. The van der Waals surface area contributed by atoms with E-state index in [1.165, 1.54) is 6.07 Å². The Balaban J connectivity index is 2.16. The zero-order chi connectivity index (χ0) is 10.8. The van der Waals surface area contributed by atoms with Gasteiger partial charge in [-0.1, -0.05) is 6.07 Å². The summed E-state index contributed by atoms with van der Waals surface area (Å²) in [6.45, 7) is 3.16. The fraction of sp³-hybridized carbons (Fsp3) is 0.455. The number of hydrogen-bond donors (Lipinski definition) is 2. The number of benzene rings is 1. The highest BCUT2D eigenvalue weighted by molar-refractivity contribution is 5.49. The SMILES string of the molecule is CC(N)c1ccc(F)c(NC2COC2)c1. The molecule has 0 saturated carbocycles. The lowest BCUT2D eigenvalue weighted by molar-refractivity contribution is 0.0210. The largest absolute Gasteiger partial charge is 0.377 e. The van der Waals surface area contributed by atoms with Gasteiger partial charge in [-0.05, 0) is 24.6 Å². The maximum Gasteiger partial charge on any atom is 0.146 e. The van der Waals surface area contributed by atoms with Crippen molar-refractivity contribution in [1.29, 1.82) is 0 Å². The van der Waals surface area contributed by atoms with Crippen LogP contribution in [0.2, 0.25) is 0 Å². The molecule has 0 aliphatic carbocycles. The Bertz CT molecular complexity index is 350. The van der Waals surface area contributed by atoms with E-state index in [1.807, 2.05) is 6.92 Å². The van der Waals surface area contributed by atoms with Crippen LogP contribution in [0.5, 0.6) is 0 Å². The molecule has 1 aromatic carbocycles. The van der Waals surface area contributed by atoms with Crippen molar-refractivity contribution in [2.75, 3.05) is 18.5 Å². The van der Waals surface area contributed by atoms with Gasteiger partial charge in [0.15, 0.2) is 0 Å². The monoisotopic (exact) mass is 210 g/mol. The van der Waals surface area contributed by atoms with E-state index in [-0.39, 0.29) is 17.9 Å². The highest BCUT2D eigenvalue weighted by Crippen LogP contribution is 2.21. The van der Waals surface area contributed by atoms with Crippen molar-refractivity contribution in [2.45, 2.75) is 19.0 Å². The minimum Gasteiger partial charge on any atom is -0.377 e. The second-order valence-electron chi connectivity index (χ2n) is 3.91. The van der Waals surface area contributed by atoms with Crippen LogP contribution in [0.4, 0.5) is 10.1 Å². The molecule has 0 radical (unpaired) electrons. The van der Waals surface area contributed by atoms with E-state index in [1.54, 1.807) is 12.1 Å². The molecule has 0 spiro atoms. The second kappa shape index (κ2) is 4.16. The minimum atomic E-state index is -0.244. The van der Waals surface area contributed by atoms with Gasteiger partial charge in [0.25, 0.3) is 0 Å². The van der Waals surface area contributed by atoms with Crippen LogP contribution in [-0.4, -0.2) is 19.3 Å². The first kappa shape index (κ1) is 10.4. The first-order valence-corrected chi connectivity index (χ1v) is 5.06. The molecule has 82 valence electrons. The normalized spacial score (nSPS) is 18.3. The van der Waals surface area contributed by atoms with Gasteiger partial charge < -0.3 is 15.8 Å². The van der Waals surface area contributed by atoms with Gasteiger partial charge in [0.2, 0.25) is 0 Å². The van der Waals surface area contributed by atoms with Crippen LogP contribution in [0, 0.1) is 5.82 Å². The summed E-state index contributed by atoms with van der Waals surface area (Å²) in [5, 5.41) is 3.09. The molecule has 1 aliphatic heterocycles. The Morgan fingerprint density at radius 3 is 2.80 bits per heavy atom. The Hall–Kier alpha value is -1.13. The molecule has 1 atom stereocenters. The molecular formula is C11H15FN2O. The summed E-state index contributed by atoms with van der Waals surface area (Å²) in [7, 11) is 0. The topological polar surface area (TPSA) is 47.3 Å². The Kier molecular flexibility index (Phi) is 2.88. The Labute approximate surface area is 88.4 Å². The summed E-state index contributed by atoms with van der Waals surface area (Å²) in [6.07, 6.45) is 0. The highest BCUT2D eigenvalue weighted by Gasteiger charge is 2.19. The molecule has 4 heteroatoms. The van der Waals surface area contributed by atoms with Crippen molar-refractivity contribution in [3.63, 3.8) is 0 Å². The molecule has 1 aromatic rings. The molecule has 1 aliphatic rings. The molecule has 1 unspecified atom stereocenters. The van der Waals surface area contributed by atoms with Crippen LogP contribution < -0.4 is 11.1 Å². The number of nitrogens with two attached hydrogens (primary N) is 1. The maximum absolute atomic E-state index is 13.4. The van der Waals surface area contributed by atoms with Crippen LogP contribution in [0.25, 0.3) is 0 Å². The zero-order valence-corrected chi connectivity index (χ0v) is 8.66. The molecule has 0 amide bonds. The predicted molar refractivity (Wildman–Crippen MR) is 57.2 cm³/mol. The Morgan fingerprint density at radius 1 is 1.53 bits per heavy atom. The van der Waals surface area contributed by atoms with Gasteiger partial charge in [-0.2, -0.15) is 0 Å². The number of hydrogen-bond acceptors (Lipinski definition) is 3. The summed E-state index contributed by atoms with van der Waals surface area (Å²) < 4.78 is 18.4. The summed E-state index contributed by atoms with van der Waals surface area (Å²) in [5.74, 6) is -0.244. The molecule has 3 N–H and O–H groups in total. The molecule has 0 aromatic heterocycles. The molecule has 1 heterocycles. The second-order valence-corrected chi connectivity index (χ2v) is 3.91. The predicted octanol–water partition coefficient (Wildman–Crippen LogP) is 1.66. The molecule has 1 fully saturated rings. The molecular weight excluding hydrogens is 195 g/mol. The molecule has 2 rings (SSSR count). The summed E-state index contributed by atoms with van der Waals surface area (Å²) in [6, 6.07) is 5.06. The van der Waals surface area contributed by atoms with Gasteiger partial charge >= 0.3 is 0 Å².